The zero-order valence-electron chi connectivity index (χ0n) is 15.7. The number of aromatic nitrogens is 3. The number of H-pyrrole nitrogens is 1. The summed E-state index contributed by atoms with van der Waals surface area (Å²) >= 11 is 0. The summed E-state index contributed by atoms with van der Waals surface area (Å²) in [5.41, 5.74) is 5.35. The lowest BCUT2D eigenvalue weighted by Crippen LogP contribution is -2.05. The molecule has 7 heteroatoms. The lowest BCUT2D eigenvalue weighted by atomic mass is 10.1. The van der Waals surface area contributed by atoms with Gasteiger partial charge < -0.3 is 14.5 Å². The maximum Gasteiger partial charge on any atom is 0.197 e. The highest BCUT2D eigenvalue weighted by Gasteiger charge is 2.17. The highest BCUT2D eigenvalue weighted by Crippen LogP contribution is 2.27. The molecule has 2 heterocycles. The predicted molar refractivity (Wildman–Crippen MR) is 102 cm³/mol. The predicted octanol–water partition coefficient (Wildman–Crippen LogP) is 3.46. The number of rotatable bonds is 6. The smallest absolute Gasteiger partial charge is 0.197 e. The first-order valence-corrected chi connectivity index (χ1v) is 9.74. The van der Waals surface area contributed by atoms with E-state index in [2.05, 4.69) is 21.9 Å². The number of benzene rings is 1. The number of aromatic amines is 1. The van der Waals surface area contributed by atoms with Crippen molar-refractivity contribution in [3.05, 3.63) is 40.7 Å². The molecule has 3 rings (SSSR count). The Morgan fingerprint density at radius 1 is 1.19 bits per heavy atom. The van der Waals surface area contributed by atoms with Gasteiger partial charge >= 0.3 is 0 Å². The SMILES string of the molecule is CCc1cc(OC)cc2[nH]c(S(=O)Cc3ncc(C)c(OC)c3C)nc12. The van der Waals surface area contributed by atoms with Gasteiger partial charge in [0.1, 0.15) is 11.5 Å². The molecule has 0 fully saturated rings. The zero-order chi connectivity index (χ0) is 18.8. The Kier molecular flexibility index (Phi) is 5.27. The molecule has 6 nitrogen and oxygen atoms in total. The van der Waals surface area contributed by atoms with E-state index in [-0.39, 0.29) is 5.75 Å². The first kappa shape index (κ1) is 18.4. The summed E-state index contributed by atoms with van der Waals surface area (Å²) in [7, 11) is 1.93. The molecule has 0 aliphatic carbocycles. The molecule has 0 spiro atoms. The van der Waals surface area contributed by atoms with Crippen molar-refractivity contribution in [2.45, 2.75) is 38.1 Å². The normalized spacial score (nSPS) is 12.3. The van der Waals surface area contributed by atoms with Crippen LogP contribution in [-0.4, -0.2) is 33.4 Å². The summed E-state index contributed by atoms with van der Waals surface area (Å²) in [5.74, 6) is 1.83. The van der Waals surface area contributed by atoms with Crippen molar-refractivity contribution >= 4 is 21.8 Å². The highest BCUT2D eigenvalue weighted by atomic mass is 32.2. The number of nitrogens with one attached hydrogen (secondary N) is 1. The second-order valence-corrected chi connectivity index (χ2v) is 7.48. The van der Waals surface area contributed by atoms with Gasteiger partial charge in [-0.15, -0.1) is 0 Å². The van der Waals surface area contributed by atoms with Gasteiger partial charge in [0.05, 0.1) is 47.5 Å². The summed E-state index contributed by atoms with van der Waals surface area (Å²) < 4.78 is 23.6. The van der Waals surface area contributed by atoms with Crippen LogP contribution in [0.3, 0.4) is 0 Å². The van der Waals surface area contributed by atoms with Crippen molar-refractivity contribution in [2.24, 2.45) is 0 Å². The Bertz CT molecular complexity index is 982. The maximum absolute atomic E-state index is 12.9. The molecule has 1 aromatic carbocycles. The Labute approximate surface area is 155 Å². The number of methoxy groups -OCH3 is 2. The molecule has 0 saturated heterocycles. The molecule has 0 radical (unpaired) electrons. The van der Waals surface area contributed by atoms with Crippen LogP contribution < -0.4 is 9.47 Å². The van der Waals surface area contributed by atoms with E-state index < -0.39 is 10.8 Å². The van der Waals surface area contributed by atoms with Crippen molar-refractivity contribution in [1.82, 2.24) is 15.0 Å². The Hall–Kier alpha value is -2.41. The third-order valence-electron chi connectivity index (χ3n) is 4.47. The standard InChI is InChI=1S/C19H23N3O3S/c1-6-13-7-14(24-4)8-15-17(13)22-19(21-15)26(23)10-16-12(3)18(25-5)11(2)9-20-16/h7-9H,6,10H2,1-5H3,(H,21,22). The Balaban J connectivity index is 1.96. The number of hydrogen-bond acceptors (Lipinski definition) is 5. The summed E-state index contributed by atoms with van der Waals surface area (Å²) in [6.07, 6.45) is 2.57. The molecular formula is C19H23N3O3S. The second kappa shape index (κ2) is 7.45. The van der Waals surface area contributed by atoms with E-state index in [0.29, 0.717) is 5.16 Å². The molecule has 0 amide bonds. The van der Waals surface area contributed by atoms with Crippen LogP contribution in [0.5, 0.6) is 11.5 Å². The fourth-order valence-electron chi connectivity index (χ4n) is 3.04. The molecule has 1 unspecified atom stereocenters. The van der Waals surface area contributed by atoms with E-state index in [1.54, 1.807) is 20.4 Å². The third-order valence-corrected chi connectivity index (χ3v) is 5.63. The summed E-state index contributed by atoms with van der Waals surface area (Å²) in [6.45, 7) is 5.94. The fourth-order valence-corrected chi connectivity index (χ4v) is 4.13. The quantitative estimate of drug-likeness (QED) is 0.716. The van der Waals surface area contributed by atoms with Crippen LogP contribution in [-0.2, 0) is 23.0 Å². The molecule has 1 N–H and O–H groups in total. The van der Waals surface area contributed by atoms with Gasteiger partial charge in [-0.1, -0.05) is 6.92 Å². The minimum absolute atomic E-state index is 0.279. The molecule has 0 aliphatic heterocycles. The number of hydrogen-bond donors (Lipinski definition) is 1. The summed E-state index contributed by atoms with van der Waals surface area (Å²) in [5, 5.41) is 0.448. The average molecular weight is 373 g/mol. The van der Waals surface area contributed by atoms with Crippen molar-refractivity contribution < 1.29 is 13.7 Å². The van der Waals surface area contributed by atoms with Crippen molar-refractivity contribution in [3.8, 4) is 11.5 Å². The minimum atomic E-state index is -1.34. The van der Waals surface area contributed by atoms with Crippen LogP contribution in [0, 0.1) is 13.8 Å². The number of fused-ring (bicyclic) bond motifs is 1. The van der Waals surface area contributed by atoms with Gasteiger partial charge in [0.25, 0.3) is 0 Å². The Morgan fingerprint density at radius 3 is 2.62 bits per heavy atom. The van der Waals surface area contributed by atoms with Crippen LogP contribution in [0.1, 0.15) is 29.3 Å². The maximum atomic E-state index is 12.9. The van der Waals surface area contributed by atoms with E-state index >= 15 is 0 Å². The largest absolute Gasteiger partial charge is 0.497 e. The average Bonchev–Trinajstić information content (AvgIpc) is 3.07. The van der Waals surface area contributed by atoms with E-state index in [0.717, 1.165) is 51.3 Å². The first-order valence-electron chi connectivity index (χ1n) is 8.42. The van der Waals surface area contributed by atoms with Gasteiger partial charge in [-0.25, -0.2) is 4.98 Å². The topological polar surface area (TPSA) is 77.1 Å². The van der Waals surface area contributed by atoms with Gasteiger partial charge in [-0.05, 0) is 31.9 Å². The van der Waals surface area contributed by atoms with E-state index in [1.807, 2.05) is 26.0 Å². The van der Waals surface area contributed by atoms with Gasteiger partial charge in [0, 0.05) is 23.4 Å². The summed E-state index contributed by atoms with van der Waals surface area (Å²) in [4.78, 5) is 12.2. The number of imidazole rings is 1. The van der Waals surface area contributed by atoms with Crippen molar-refractivity contribution in [2.75, 3.05) is 14.2 Å². The van der Waals surface area contributed by atoms with Crippen LogP contribution in [0.25, 0.3) is 11.0 Å². The number of ether oxygens (including phenoxy) is 2. The van der Waals surface area contributed by atoms with E-state index in [4.69, 9.17) is 9.47 Å². The molecule has 0 bridgehead atoms. The fraction of sp³-hybridized carbons (Fsp3) is 0.368. The van der Waals surface area contributed by atoms with Crippen LogP contribution in [0.4, 0.5) is 0 Å². The van der Waals surface area contributed by atoms with Gasteiger partial charge in [-0.3, -0.25) is 9.19 Å². The van der Waals surface area contributed by atoms with Crippen LogP contribution in [0.2, 0.25) is 0 Å². The molecule has 138 valence electrons. The van der Waals surface area contributed by atoms with Gasteiger partial charge in [-0.2, -0.15) is 0 Å². The third kappa shape index (κ3) is 3.31. The van der Waals surface area contributed by atoms with E-state index in [9.17, 15) is 4.21 Å². The highest BCUT2D eigenvalue weighted by molar-refractivity contribution is 7.84. The molecule has 26 heavy (non-hydrogen) atoms. The summed E-state index contributed by atoms with van der Waals surface area (Å²) in [6, 6.07) is 3.84. The lowest BCUT2D eigenvalue weighted by Gasteiger charge is -2.11. The zero-order valence-corrected chi connectivity index (χ0v) is 16.5. The van der Waals surface area contributed by atoms with Gasteiger partial charge in [0.15, 0.2) is 5.16 Å². The number of aryl methyl sites for hydroxylation is 2. The second-order valence-electron chi connectivity index (χ2n) is 6.11. The van der Waals surface area contributed by atoms with Crippen molar-refractivity contribution in [3.63, 3.8) is 0 Å². The first-order chi connectivity index (χ1) is 12.5. The van der Waals surface area contributed by atoms with E-state index in [1.165, 1.54) is 0 Å². The number of pyridine rings is 1. The monoisotopic (exact) mass is 373 g/mol. The Morgan fingerprint density at radius 2 is 1.96 bits per heavy atom. The molecule has 1 atom stereocenters. The van der Waals surface area contributed by atoms with Crippen LogP contribution >= 0.6 is 0 Å². The molecule has 0 saturated carbocycles. The molecular weight excluding hydrogens is 350 g/mol. The lowest BCUT2D eigenvalue weighted by molar-refractivity contribution is 0.407. The minimum Gasteiger partial charge on any atom is -0.497 e. The van der Waals surface area contributed by atoms with Crippen molar-refractivity contribution in [1.29, 1.82) is 0 Å². The number of nitrogens with zero attached hydrogens (tertiary/aromatic N) is 2. The van der Waals surface area contributed by atoms with Crippen LogP contribution in [0.15, 0.2) is 23.5 Å². The molecule has 0 aliphatic rings. The van der Waals surface area contributed by atoms with Gasteiger partial charge in [0.2, 0.25) is 0 Å². The molecule has 2 aromatic heterocycles. The molecule has 3 aromatic rings.